The van der Waals surface area contributed by atoms with E-state index in [4.69, 9.17) is 4.74 Å². The van der Waals surface area contributed by atoms with Gasteiger partial charge in [-0.05, 0) is 20.3 Å². The van der Waals surface area contributed by atoms with Gasteiger partial charge in [-0.1, -0.05) is 6.92 Å². The molecular weight excluding hydrogens is 252 g/mol. The largest absolute Gasteiger partial charge is 0.380 e. The van der Waals surface area contributed by atoms with Crippen molar-refractivity contribution in [2.24, 2.45) is 0 Å². The van der Waals surface area contributed by atoms with Gasteiger partial charge in [-0.3, -0.25) is 4.90 Å². The lowest BCUT2D eigenvalue weighted by atomic mass is 10.2. The molecule has 1 aromatic rings. The number of aryl methyl sites for hydroxylation is 2. The summed E-state index contributed by atoms with van der Waals surface area (Å²) in [6.45, 7) is 13.1. The summed E-state index contributed by atoms with van der Waals surface area (Å²) in [7, 11) is 0. The Morgan fingerprint density at radius 1 is 1.15 bits per heavy atom. The first-order chi connectivity index (χ1) is 9.72. The summed E-state index contributed by atoms with van der Waals surface area (Å²) in [5, 5.41) is 0. The standard InChI is InChI=1S/C15H26N4O/c1-4-14-12-15(17-13(3)16-14)19-8-6-18(7-9-19)10-11-20-5-2/h12H,4-11H2,1-3H3. The summed E-state index contributed by atoms with van der Waals surface area (Å²) >= 11 is 0. The third-order valence-corrected chi connectivity index (χ3v) is 3.69. The van der Waals surface area contributed by atoms with Crippen LogP contribution >= 0.6 is 0 Å². The van der Waals surface area contributed by atoms with Crippen LogP contribution in [0.5, 0.6) is 0 Å². The Bertz CT molecular complexity index is 416. The normalized spacial score (nSPS) is 16.6. The van der Waals surface area contributed by atoms with Gasteiger partial charge in [0.15, 0.2) is 0 Å². The van der Waals surface area contributed by atoms with Gasteiger partial charge in [-0.15, -0.1) is 0 Å². The second kappa shape index (κ2) is 7.55. The van der Waals surface area contributed by atoms with Crippen LogP contribution in [-0.2, 0) is 11.2 Å². The average Bonchev–Trinajstić information content (AvgIpc) is 2.47. The number of ether oxygens (including phenoxy) is 1. The van der Waals surface area contributed by atoms with Crippen LogP contribution in [0.1, 0.15) is 25.4 Å². The zero-order chi connectivity index (χ0) is 14.4. The average molecular weight is 278 g/mol. The van der Waals surface area contributed by atoms with Crippen LogP contribution in [0.2, 0.25) is 0 Å². The highest BCUT2D eigenvalue weighted by Gasteiger charge is 2.18. The molecule has 2 heterocycles. The predicted octanol–water partition coefficient (Wildman–Crippen LogP) is 1.51. The van der Waals surface area contributed by atoms with Crippen molar-refractivity contribution in [3.05, 3.63) is 17.6 Å². The molecule has 0 spiro atoms. The van der Waals surface area contributed by atoms with Gasteiger partial charge >= 0.3 is 0 Å². The van der Waals surface area contributed by atoms with Gasteiger partial charge in [0.1, 0.15) is 11.6 Å². The first-order valence-electron chi connectivity index (χ1n) is 7.62. The van der Waals surface area contributed by atoms with Gasteiger partial charge < -0.3 is 9.64 Å². The van der Waals surface area contributed by atoms with Gasteiger partial charge in [-0.2, -0.15) is 0 Å². The molecule has 1 fully saturated rings. The number of hydrogen-bond donors (Lipinski definition) is 0. The van der Waals surface area contributed by atoms with Crippen LogP contribution in [0.4, 0.5) is 5.82 Å². The molecule has 0 amide bonds. The lowest BCUT2D eigenvalue weighted by Crippen LogP contribution is -2.47. The maximum absolute atomic E-state index is 5.42. The van der Waals surface area contributed by atoms with Crippen LogP contribution < -0.4 is 4.90 Å². The summed E-state index contributed by atoms with van der Waals surface area (Å²) in [4.78, 5) is 13.9. The summed E-state index contributed by atoms with van der Waals surface area (Å²) in [6, 6.07) is 2.13. The minimum absolute atomic E-state index is 0.806. The van der Waals surface area contributed by atoms with E-state index in [1.54, 1.807) is 0 Å². The molecular formula is C15H26N4O. The molecule has 5 nitrogen and oxygen atoms in total. The number of nitrogens with zero attached hydrogens (tertiary/aromatic N) is 4. The Balaban J connectivity index is 1.88. The maximum atomic E-state index is 5.42. The van der Waals surface area contributed by atoms with Gasteiger partial charge in [0.05, 0.1) is 6.61 Å². The topological polar surface area (TPSA) is 41.5 Å². The molecule has 112 valence electrons. The first-order valence-corrected chi connectivity index (χ1v) is 7.62. The Morgan fingerprint density at radius 2 is 1.90 bits per heavy atom. The van der Waals surface area contributed by atoms with Crippen LogP contribution in [-0.4, -0.2) is 60.8 Å². The second-order valence-corrected chi connectivity index (χ2v) is 5.14. The molecule has 0 atom stereocenters. The van der Waals surface area contributed by atoms with Gasteiger partial charge in [0.25, 0.3) is 0 Å². The van der Waals surface area contributed by atoms with Crippen molar-refractivity contribution >= 4 is 5.82 Å². The van der Waals surface area contributed by atoms with Crippen LogP contribution in [0, 0.1) is 6.92 Å². The minimum atomic E-state index is 0.806. The molecule has 1 aliphatic rings. The highest BCUT2D eigenvalue weighted by molar-refractivity contribution is 5.40. The molecule has 1 aliphatic heterocycles. The second-order valence-electron chi connectivity index (χ2n) is 5.14. The van der Waals surface area contributed by atoms with Crippen molar-refractivity contribution in [2.45, 2.75) is 27.2 Å². The highest BCUT2D eigenvalue weighted by atomic mass is 16.5. The quantitative estimate of drug-likeness (QED) is 0.738. The van der Waals surface area contributed by atoms with E-state index in [1.165, 1.54) is 0 Å². The molecule has 0 radical (unpaired) electrons. The number of hydrogen-bond acceptors (Lipinski definition) is 5. The third kappa shape index (κ3) is 4.15. The molecule has 0 saturated carbocycles. The van der Waals surface area contributed by atoms with E-state index in [2.05, 4.69) is 32.8 Å². The fourth-order valence-electron chi connectivity index (χ4n) is 2.49. The maximum Gasteiger partial charge on any atom is 0.132 e. The van der Waals surface area contributed by atoms with E-state index in [0.29, 0.717) is 0 Å². The minimum Gasteiger partial charge on any atom is -0.380 e. The van der Waals surface area contributed by atoms with Crippen molar-refractivity contribution in [1.29, 1.82) is 0 Å². The number of aromatic nitrogens is 2. The molecule has 5 heteroatoms. The van der Waals surface area contributed by atoms with Crippen molar-refractivity contribution in [3.63, 3.8) is 0 Å². The molecule has 0 unspecified atom stereocenters. The predicted molar refractivity (Wildman–Crippen MR) is 81.3 cm³/mol. The lowest BCUT2D eigenvalue weighted by molar-refractivity contribution is 0.111. The number of piperazine rings is 1. The summed E-state index contributed by atoms with van der Waals surface area (Å²) in [6.07, 6.45) is 0.963. The van der Waals surface area contributed by atoms with Crippen LogP contribution in [0.3, 0.4) is 0 Å². The molecule has 0 aromatic carbocycles. The Kier molecular flexibility index (Phi) is 5.73. The Morgan fingerprint density at radius 3 is 2.55 bits per heavy atom. The van der Waals surface area contributed by atoms with Crippen molar-refractivity contribution in [3.8, 4) is 0 Å². The van der Waals surface area contributed by atoms with Crippen molar-refractivity contribution in [2.75, 3.05) is 50.8 Å². The van der Waals surface area contributed by atoms with Crippen molar-refractivity contribution < 1.29 is 4.74 Å². The fraction of sp³-hybridized carbons (Fsp3) is 0.733. The van der Waals surface area contributed by atoms with E-state index >= 15 is 0 Å². The van der Waals surface area contributed by atoms with E-state index in [-0.39, 0.29) is 0 Å². The molecule has 0 aliphatic carbocycles. The smallest absolute Gasteiger partial charge is 0.132 e. The summed E-state index contributed by atoms with van der Waals surface area (Å²) in [5.41, 5.74) is 1.13. The monoisotopic (exact) mass is 278 g/mol. The van der Waals surface area contributed by atoms with E-state index in [9.17, 15) is 0 Å². The van der Waals surface area contributed by atoms with Crippen molar-refractivity contribution in [1.82, 2.24) is 14.9 Å². The first kappa shape index (κ1) is 15.2. The fourth-order valence-corrected chi connectivity index (χ4v) is 2.49. The molecule has 20 heavy (non-hydrogen) atoms. The third-order valence-electron chi connectivity index (χ3n) is 3.69. The van der Waals surface area contributed by atoms with Crippen LogP contribution in [0.25, 0.3) is 0 Å². The number of rotatable bonds is 6. The molecule has 1 saturated heterocycles. The van der Waals surface area contributed by atoms with Gasteiger partial charge in [-0.25, -0.2) is 9.97 Å². The highest BCUT2D eigenvalue weighted by Crippen LogP contribution is 2.15. The Labute approximate surface area is 122 Å². The van der Waals surface area contributed by atoms with E-state index < -0.39 is 0 Å². The molecule has 0 bridgehead atoms. The van der Waals surface area contributed by atoms with E-state index in [0.717, 1.165) is 69.7 Å². The van der Waals surface area contributed by atoms with Gasteiger partial charge in [0, 0.05) is 51.1 Å². The molecule has 1 aromatic heterocycles. The zero-order valence-electron chi connectivity index (χ0n) is 12.9. The molecule has 2 rings (SSSR count). The van der Waals surface area contributed by atoms with Crippen LogP contribution in [0.15, 0.2) is 6.07 Å². The zero-order valence-corrected chi connectivity index (χ0v) is 12.9. The summed E-state index contributed by atoms with van der Waals surface area (Å²) in [5.74, 6) is 1.96. The number of anilines is 1. The Hall–Kier alpha value is -1.20. The SMILES string of the molecule is CCOCCN1CCN(c2cc(CC)nc(C)n2)CC1. The van der Waals surface area contributed by atoms with Gasteiger partial charge in [0.2, 0.25) is 0 Å². The van der Waals surface area contributed by atoms with E-state index in [1.807, 2.05) is 13.8 Å². The lowest BCUT2D eigenvalue weighted by Gasteiger charge is -2.35. The molecule has 0 N–H and O–H groups in total. The summed E-state index contributed by atoms with van der Waals surface area (Å²) < 4.78 is 5.42.